The Bertz CT molecular complexity index is 1500. The SMILES string of the molecule is NS(=O)(=O)c1ccc(CNc2ccc3ncc(-c4cccc5ccccc45)n3n2)cc1. The van der Waals surface area contributed by atoms with Crippen LogP contribution in [0.5, 0.6) is 0 Å². The summed E-state index contributed by atoms with van der Waals surface area (Å²) in [7, 11) is -3.69. The van der Waals surface area contributed by atoms with Crippen LogP contribution in [0.1, 0.15) is 5.56 Å². The Balaban J connectivity index is 1.45. The van der Waals surface area contributed by atoms with E-state index in [1.54, 1.807) is 12.1 Å². The highest BCUT2D eigenvalue weighted by molar-refractivity contribution is 7.89. The van der Waals surface area contributed by atoms with Crippen LogP contribution in [0.15, 0.2) is 90.0 Å². The first-order chi connectivity index (χ1) is 15.0. The van der Waals surface area contributed by atoms with Crippen LogP contribution >= 0.6 is 0 Å². The Kier molecular flexibility index (Phi) is 4.65. The fraction of sp³-hybridized carbons (Fsp3) is 0.0435. The van der Waals surface area contributed by atoms with E-state index in [1.807, 2.05) is 41.0 Å². The molecule has 31 heavy (non-hydrogen) atoms. The molecule has 2 heterocycles. The van der Waals surface area contributed by atoms with Gasteiger partial charge in [0, 0.05) is 12.1 Å². The summed E-state index contributed by atoms with van der Waals surface area (Å²) in [5.41, 5.74) is 3.64. The number of nitrogens with zero attached hydrogens (tertiary/aromatic N) is 3. The molecule has 5 rings (SSSR count). The van der Waals surface area contributed by atoms with Gasteiger partial charge in [0.2, 0.25) is 10.0 Å². The van der Waals surface area contributed by atoms with Crippen molar-refractivity contribution in [1.82, 2.24) is 14.6 Å². The lowest BCUT2D eigenvalue weighted by atomic mass is 10.0. The van der Waals surface area contributed by atoms with E-state index in [1.165, 1.54) is 12.1 Å². The van der Waals surface area contributed by atoms with E-state index < -0.39 is 10.0 Å². The molecule has 0 unspecified atom stereocenters. The molecule has 0 saturated heterocycles. The quantitative estimate of drug-likeness (QED) is 0.442. The number of rotatable bonds is 5. The predicted molar refractivity (Wildman–Crippen MR) is 121 cm³/mol. The van der Waals surface area contributed by atoms with E-state index in [2.05, 4.69) is 34.6 Å². The van der Waals surface area contributed by atoms with Gasteiger partial charge in [-0.2, -0.15) is 0 Å². The maximum absolute atomic E-state index is 11.4. The molecule has 0 amide bonds. The Morgan fingerprint density at radius 1 is 0.903 bits per heavy atom. The van der Waals surface area contributed by atoms with Gasteiger partial charge in [0.15, 0.2) is 5.65 Å². The number of anilines is 1. The molecule has 0 spiro atoms. The van der Waals surface area contributed by atoms with Gasteiger partial charge in [0.1, 0.15) is 5.82 Å². The minimum absolute atomic E-state index is 0.0916. The number of hydrogen-bond acceptors (Lipinski definition) is 5. The molecule has 154 valence electrons. The summed E-state index contributed by atoms with van der Waals surface area (Å²) in [6.45, 7) is 0.488. The predicted octanol–water partition coefficient (Wildman–Crippen LogP) is 3.81. The zero-order valence-electron chi connectivity index (χ0n) is 16.4. The number of primary sulfonamides is 1. The van der Waals surface area contributed by atoms with Crippen LogP contribution in [0.3, 0.4) is 0 Å². The van der Waals surface area contributed by atoms with Crippen molar-refractivity contribution in [2.75, 3.05) is 5.32 Å². The molecule has 0 aliphatic heterocycles. The van der Waals surface area contributed by atoms with Gasteiger partial charge in [-0.3, -0.25) is 0 Å². The van der Waals surface area contributed by atoms with Crippen molar-refractivity contribution in [3.05, 3.63) is 90.6 Å². The van der Waals surface area contributed by atoms with Crippen LogP contribution < -0.4 is 10.5 Å². The number of nitrogens with two attached hydrogens (primary N) is 1. The van der Waals surface area contributed by atoms with Gasteiger partial charge < -0.3 is 5.32 Å². The first kappa shape index (κ1) is 19.2. The van der Waals surface area contributed by atoms with Gasteiger partial charge in [-0.05, 0) is 40.6 Å². The Hall–Kier alpha value is -3.75. The molecular formula is C23H19N5O2S. The third-order valence-corrected chi connectivity index (χ3v) is 6.08. The van der Waals surface area contributed by atoms with Crippen molar-refractivity contribution in [2.24, 2.45) is 5.14 Å². The van der Waals surface area contributed by atoms with E-state index in [-0.39, 0.29) is 4.90 Å². The molecule has 0 fully saturated rings. The van der Waals surface area contributed by atoms with Gasteiger partial charge in [-0.15, -0.1) is 5.10 Å². The van der Waals surface area contributed by atoms with Crippen LogP contribution in [-0.2, 0) is 16.6 Å². The van der Waals surface area contributed by atoms with E-state index in [0.717, 1.165) is 33.2 Å². The molecule has 8 heteroatoms. The minimum Gasteiger partial charge on any atom is -0.365 e. The molecule has 0 aliphatic carbocycles. The number of hydrogen-bond donors (Lipinski definition) is 2. The van der Waals surface area contributed by atoms with Crippen molar-refractivity contribution in [3.8, 4) is 11.3 Å². The number of sulfonamides is 1. The standard InChI is InChI=1S/C23H19N5O2S/c24-31(29,30)18-10-8-16(9-11-18)14-25-22-12-13-23-26-15-21(28(23)27-22)20-7-3-5-17-4-1-2-6-19(17)20/h1-13,15H,14H2,(H,25,27)(H2,24,29,30). The van der Waals surface area contributed by atoms with E-state index in [0.29, 0.717) is 12.4 Å². The molecule has 2 aromatic heterocycles. The lowest BCUT2D eigenvalue weighted by Gasteiger charge is -2.09. The van der Waals surface area contributed by atoms with Gasteiger partial charge in [-0.25, -0.2) is 23.1 Å². The number of aromatic nitrogens is 3. The van der Waals surface area contributed by atoms with Crippen molar-refractivity contribution >= 4 is 32.3 Å². The van der Waals surface area contributed by atoms with E-state index in [9.17, 15) is 8.42 Å². The Labute approximate surface area is 179 Å². The van der Waals surface area contributed by atoms with E-state index in [4.69, 9.17) is 10.2 Å². The monoisotopic (exact) mass is 429 g/mol. The molecular weight excluding hydrogens is 410 g/mol. The first-order valence-electron chi connectivity index (χ1n) is 9.67. The van der Waals surface area contributed by atoms with Crippen LogP contribution in [0.2, 0.25) is 0 Å². The highest BCUT2D eigenvalue weighted by atomic mass is 32.2. The van der Waals surface area contributed by atoms with E-state index >= 15 is 0 Å². The topological polar surface area (TPSA) is 102 Å². The molecule has 3 N–H and O–H groups in total. The third kappa shape index (κ3) is 3.74. The second kappa shape index (κ2) is 7.50. The largest absolute Gasteiger partial charge is 0.365 e. The van der Waals surface area contributed by atoms with Crippen LogP contribution in [-0.4, -0.2) is 23.0 Å². The molecule has 0 bridgehead atoms. The maximum Gasteiger partial charge on any atom is 0.238 e. The maximum atomic E-state index is 11.4. The summed E-state index contributed by atoms with van der Waals surface area (Å²) in [6.07, 6.45) is 1.83. The van der Waals surface area contributed by atoms with Crippen molar-refractivity contribution < 1.29 is 8.42 Å². The highest BCUT2D eigenvalue weighted by Gasteiger charge is 2.11. The molecule has 0 atom stereocenters. The smallest absolute Gasteiger partial charge is 0.238 e. The van der Waals surface area contributed by atoms with Crippen molar-refractivity contribution in [2.45, 2.75) is 11.4 Å². The fourth-order valence-corrected chi connectivity index (χ4v) is 4.11. The zero-order chi connectivity index (χ0) is 21.4. The average molecular weight is 430 g/mol. The third-order valence-electron chi connectivity index (χ3n) is 5.15. The molecule has 7 nitrogen and oxygen atoms in total. The number of nitrogens with one attached hydrogen (secondary N) is 1. The highest BCUT2D eigenvalue weighted by Crippen LogP contribution is 2.29. The second-order valence-electron chi connectivity index (χ2n) is 7.20. The van der Waals surface area contributed by atoms with Crippen molar-refractivity contribution in [3.63, 3.8) is 0 Å². The van der Waals surface area contributed by atoms with Crippen LogP contribution in [0, 0.1) is 0 Å². The summed E-state index contributed by atoms with van der Waals surface area (Å²) < 4.78 is 24.6. The second-order valence-corrected chi connectivity index (χ2v) is 8.76. The zero-order valence-corrected chi connectivity index (χ0v) is 17.3. The lowest BCUT2D eigenvalue weighted by Crippen LogP contribution is -2.12. The van der Waals surface area contributed by atoms with Crippen molar-refractivity contribution in [1.29, 1.82) is 0 Å². The van der Waals surface area contributed by atoms with Gasteiger partial charge >= 0.3 is 0 Å². The molecule has 0 saturated carbocycles. The lowest BCUT2D eigenvalue weighted by molar-refractivity contribution is 0.598. The Morgan fingerprint density at radius 3 is 2.48 bits per heavy atom. The Morgan fingerprint density at radius 2 is 1.68 bits per heavy atom. The minimum atomic E-state index is -3.69. The number of imidazole rings is 1. The van der Waals surface area contributed by atoms with Gasteiger partial charge in [0.25, 0.3) is 0 Å². The molecule has 0 radical (unpaired) electrons. The molecule has 5 aromatic rings. The van der Waals surface area contributed by atoms with Crippen LogP contribution in [0.4, 0.5) is 5.82 Å². The fourth-order valence-electron chi connectivity index (χ4n) is 3.59. The summed E-state index contributed by atoms with van der Waals surface area (Å²) >= 11 is 0. The molecule has 0 aliphatic rings. The normalized spacial score (nSPS) is 11.8. The summed E-state index contributed by atoms with van der Waals surface area (Å²) in [4.78, 5) is 4.59. The van der Waals surface area contributed by atoms with Crippen LogP contribution in [0.25, 0.3) is 27.7 Å². The first-order valence-corrected chi connectivity index (χ1v) is 11.2. The van der Waals surface area contributed by atoms with Gasteiger partial charge in [0.05, 0.1) is 16.8 Å². The summed E-state index contributed by atoms with van der Waals surface area (Å²) in [6, 6.07) is 24.6. The number of benzene rings is 3. The summed E-state index contributed by atoms with van der Waals surface area (Å²) in [5, 5.41) is 15.4. The average Bonchev–Trinajstić information content (AvgIpc) is 3.20. The summed E-state index contributed by atoms with van der Waals surface area (Å²) in [5.74, 6) is 0.683. The molecule has 3 aromatic carbocycles. The number of fused-ring (bicyclic) bond motifs is 2. The van der Waals surface area contributed by atoms with Gasteiger partial charge in [-0.1, -0.05) is 54.6 Å².